The summed E-state index contributed by atoms with van der Waals surface area (Å²) in [5, 5.41) is 4.56. The summed E-state index contributed by atoms with van der Waals surface area (Å²) in [7, 11) is 1.98. The summed E-state index contributed by atoms with van der Waals surface area (Å²) in [6.07, 6.45) is 1.71. The Balaban J connectivity index is 2.38. The fourth-order valence-electron chi connectivity index (χ4n) is 2.86. The van der Waals surface area contributed by atoms with Gasteiger partial charge in [-0.2, -0.15) is 5.10 Å². The molecule has 0 amide bonds. The first-order chi connectivity index (χ1) is 9.99. The topological polar surface area (TPSA) is 55.9 Å². The van der Waals surface area contributed by atoms with Crippen molar-refractivity contribution in [1.29, 1.82) is 0 Å². The summed E-state index contributed by atoms with van der Waals surface area (Å²) in [4.78, 5) is 0. The van der Waals surface area contributed by atoms with E-state index in [9.17, 15) is 0 Å². The zero-order chi connectivity index (χ0) is 15.6. The van der Waals surface area contributed by atoms with Crippen LogP contribution in [-0.4, -0.2) is 9.78 Å². The number of nitrogens with zero attached hydrogens (tertiary/aromatic N) is 2. The number of nitrogens with one attached hydrogen (secondary N) is 1. The van der Waals surface area contributed by atoms with Gasteiger partial charge in [0.25, 0.3) is 0 Å². The molecule has 5 heteroatoms. The Kier molecular flexibility index (Phi) is 5.19. The molecular weight excluding hydrogens is 328 g/mol. The second-order valence-electron chi connectivity index (χ2n) is 5.41. The quantitative estimate of drug-likeness (QED) is 0.643. The number of hydrogen-bond acceptors (Lipinski definition) is 3. The number of hydrogen-bond donors (Lipinski definition) is 2. The zero-order valence-corrected chi connectivity index (χ0v) is 14.7. The molecule has 0 saturated heterocycles. The van der Waals surface area contributed by atoms with Crippen molar-refractivity contribution in [3.63, 3.8) is 0 Å². The SMILES string of the molecule is CCc1nn(C)c(CC(NN)c2c(C)cccc2C)c1Br. The fraction of sp³-hybridized carbons (Fsp3) is 0.438. The van der Waals surface area contributed by atoms with Gasteiger partial charge in [-0.15, -0.1) is 0 Å². The van der Waals surface area contributed by atoms with E-state index in [1.807, 2.05) is 11.7 Å². The minimum absolute atomic E-state index is 0.0719. The molecule has 2 rings (SSSR count). The van der Waals surface area contributed by atoms with Crippen LogP contribution in [0.5, 0.6) is 0 Å². The third kappa shape index (κ3) is 3.20. The van der Waals surface area contributed by atoms with Crippen molar-refractivity contribution in [2.24, 2.45) is 12.9 Å². The van der Waals surface area contributed by atoms with Gasteiger partial charge in [0.1, 0.15) is 0 Å². The maximum Gasteiger partial charge on any atom is 0.0766 e. The first-order valence-corrected chi connectivity index (χ1v) is 8.01. The number of aryl methyl sites for hydroxylation is 4. The van der Waals surface area contributed by atoms with E-state index in [1.54, 1.807) is 0 Å². The lowest BCUT2D eigenvalue weighted by Gasteiger charge is -2.21. The first kappa shape index (κ1) is 16.2. The Morgan fingerprint density at radius 2 is 1.95 bits per heavy atom. The molecule has 1 aromatic carbocycles. The second kappa shape index (κ2) is 6.73. The zero-order valence-electron chi connectivity index (χ0n) is 13.1. The molecule has 0 radical (unpaired) electrons. The normalized spacial score (nSPS) is 12.7. The van der Waals surface area contributed by atoms with Crippen LogP contribution in [0.15, 0.2) is 22.7 Å². The summed E-state index contributed by atoms with van der Waals surface area (Å²) in [6.45, 7) is 6.37. The Morgan fingerprint density at radius 1 is 1.33 bits per heavy atom. The van der Waals surface area contributed by atoms with Gasteiger partial charge in [0.15, 0.2) is 0 Å². The van der Waals surface area contributed by atoms with Gasteiger partial charge in [0.2, 0.25) is 0 Å². The maximum atomic E-state index is 5.83. The predicted molar refractivity (Wildman–Crippen MR) is 90.0 cm³/mol. The number of aromatic nitrogens is 2. The van der Waals surface area contributed by atoms with Crippen LogP contribution in [0.4, 0.5) is 0 Å². The van der Waals surface area contributed by atoms with Crippen LogP contribution in [0, 0.1) is 13.8 Å². The van der Waals surface area contributed by atoms with E-state index in [1.165, 1.54) is 16.7 Å². The maximum absolute atomic E-state index is 5.83. The van der Waals surface area contributed by atoms with Crippen molar-refractivity contribution in [3.05, 3.63) is 50.8 Å². The number of nitrogens with two attached hydrogens (primary N) is 1. The molecule has 1 atom stereocenters. The molecular formula is C16H23BrN4. The molecule has 0 spiro atoms. The second-order valence-corrected chi connectivity index (χ2v) is 6.21. The molecule has 4 nitrogen and oxygen atoms in total. The van der Waals surface area contributed by atoms with Gasteiger partial charge < -0.3 is 0 Å². The van der Waals surface area contributed by atoms with Crippen molar-refractivity contribution in [2.45, 2.75) is 39.7 Å². The summed E-state index contributed by atoms with van der Waals surface area (Å²) in [5.74, 6) is 5.83. The van der Waals surface area contributed by atoms with Crippen LogP contribution < -0.4 is 11.3 Å². The highest BCUT2D eigenvalue weighted by Crippen LogP contribution is 2.29. The highest BCUT2D eigenvalue weighted by atomic mass is 79.9. The highest BCUT2D eigenvalue weighted by molar-refractivity contribution is 9.10. The largest absolute Gasteiger partial charge is 0.271 e. The highest BCUT2D eigenvalue weighted by Gasteiger charge is 2.20. The van der Waals surface area contributed by atoms with E-state index in [-0.39, 0.29) is 6.04 Å². The van der Waals surface area contributed by atoms with Crippen LogP contribution in [-0.2, 0) is 19.9 Å². The van der Waals surface area contributed by atoms with E-state index < -0.39 is 0 Å². The standard InChI is InChI=1S/C16H23BrN4/c1-5-12-16(17)14(21(4)20-12)9-13(19-18)15-10(2)7-6-8-11(15)3/h6-8,13,19H,5,9,18H2,1-4H3. The average Bonchev–Trinajstić information content (AvgIpc) is 2.72. The molecule has 0 aliphatic carbocycles. The van der Waals surface area contributed by atoms with Crippen molar-refractivity contribution in [1.82, 2.24) is 15.2 Å². The Bertz CT molecular complexity index is 613. The Morgan fingerprint density at radius 3 is 2.43 bits per heavy atom. The minimum Gasteiger partial charge on any atom is -0.271 e. The van der Waals surface area contributed by atoms with Gasteiger partial charge in [-0.25, -0.2) is 0 Å². The molecule has 0 fully saturated rings. The van der Waals surface area contributed by atoms with Crippen LogP contribution in [0.25, 0.3) is 0 Å². The lowest BCUT2D eigenvalue weighted by molar-refractivity contribution is 0.524. The molecule has 114 valence electrons. The first-order valence-electron chi connectivity index (χ1n) is 7.22. The van der Waals surface area contributed by atoms with Crippen LogP contribution in [0.3, 0.4) is 0 Å². The van der Waals surface area contributed by atoms with Gasteiger partial charge in [-0.1, -0.05) is 25.1 Å². The molecule has 2 aromatic rings. The van der Waals surface area contributed by atoms with Gasteiger partial charge in [0, 0.05) is 13.5 Å². The van der Waals surface area contributed by atoms with Gasteiger partial charge >= 0.3 is 0 Å². The molecule has 0 aliphatic rings. The summed E-state index contributed by atoms with van der Waals surface area (Å²) in [5.41, 5.74) is 9.00. The number of hydrazine groups is 1. The third-order valence-corrected chi connectivity index (χ3v) is 4.91. The number of rotatable bonds is 5. The van der Waals surface area contributed by atoms with E-state index in [0.29, 0.717) is 0 Å². The van der Waals surface area contributed by atoms with Gasteiger partial charge in [-0.05, 0) is 52.9 Å². The summed E-state index contributed by atoms with van der Waals surface area (Å²) < 4.78 is 3.04. The summed E-state index contributed by atoms with van der Waals surface area (Å²) in [6, 6.07) is 6.41. The molecule has 0 saturated carbocycles. The number of benzene rings is 1. The fourth-order valence-corrected chi connectivity index (χ4v) is 3.63. The van der Waals surface area contributed by atoms with Crippen molar-refractivity contribution >= 4 is 15.9 Å². The van der Waals surface area contributed by atoms with Crippen molar-refractivity contribution in [2.75, 3.05) is 0 Å². The molecule has 0 aliphatic heterocycles. The molecule has 3 N–H and O–H groups in total. The lowest BCUT2D eigenvalue weighted by atomic mass is 9.93. The van der Waals surface area contributed by atoms with E-state index in [4.69, 9.17) is 5.84 Å². The van der Waals surface area contributed by atoms with E-state index in [0.717, 1.165) is 28.7 Å². The predicted octanol–water partition coefficient (Wildman–Crippen LogP) is 3.11. The van der Waals surface area contributed by atoms with Crippen LogP contribution in [0.2, 0.25) is 0 Å². The minimum atomic E-state index is 0.0719. The lowest BCUT2D eigenvalue weighted by Crippen LogP contribution is -2.31. The van der Waals surface area contributed by atoms with E-state index >= 15 is 0 Å². The van der Waals surface area contributed by atoms with Crippen LogP contribution in [0.1, 0.15) is 41.0 Å². The van der Waals surface area contributed by atoms with Gasteiger partial charge in [0.05, 0.1) is 21.9 Å². The molecule has 1 unspecified atom stereocenters. The van der Waals surface area contributed by atoms with Crippen molar-refractivity contribution in [3.8, 4) is 0 Å². The molecule has 0 bridgehead atoms. The smallest absolute Gasteiger partial charge is 0.0766 e. The molecule has 1 aromatic heterocycles. The Labute approximate surface area is 134 Å². The Hall–Kier alpha value is -1.17. The van der Waals surface area contributed by atoms with Gasteiger partial charge in [-0.3, -0.25) is 16.0 Å². The molecule has 1 heterocycles. The number of halogens is 1. The van der Waals surface area contributed by atoms with Crippen molar-refractivity contribution < 1.29 is 0 Å². The van der Waals surface area contributed by atoms with E-state index in [2.05, 4.69) is 65.4 Å². The average molecular weight is 351 g/mol. The van der Waals surface area contributed by atoms with Crippen LogP contribution >= 0.6 is 15.9 Å². The third-order valence-electron chi connectivity index (χ3n) is 3.99. The summed E-state index contributed by atoms with van der Waals surface area (Å²) >= 11 is 3.68. The monoisotopic (exact) mass is 350 g/mol. The molecule has 21 heavy (non-hydrogen) atoms.